The Bertz CT molecular complexity index is 820. The van der Waals surface area contributed by atoms with Crippen LogP contribution in [0.15, 0.2) is 48.5 Å². The molecule has 2 N–H and O–H groups in total. The molecule has 148 valence electrons. The van der Waals surface area contributed by atoms with Gasteiger partial charge in [0.15, 0.2) is 6.61 Å². The molecule has 2 rings (SSSR count). The maximum Gasteiger partial charge on any atom is 0.325 e. The van der Waals surface area contributed by atoms with E-state index in [1.54, 1.807) is 43.5 Å². The first-order chi connectivity index (χ1) is 13.5. The van der Waals surface area contributed by atoms with Crippen LogP contribution < -0.4 is 20.1 Å². The molecule has 0 aliphatic rings. The summed E-state index contributed by atoms with van der Waals surface area (Å²) in [6.07, 6.45) is 0. The molecule has 8 nitrogen and oxygen atoms in total. The second-order valence-electron chi connectivity index (χ2n) is 5.67. The Labute approximate surface area is 162 Å². The number of amides is 2. The Morgan fingerprint density at radius 3 is 2.29 bits per heavy atom. The number of para-hydroxylation sites is 1. The fourth-order valence-electron chi connectivity index (χ4n) is 2.27. The monoisotopic (exact) mass is 386 g/mol. The van der Waals surface area contributed by atoms with E-state index in [9.17, 15) is 14.4 Å². The summed E-state index contributed by atoms with van der Waals surface area (Å²) in [6.45, 7) is -0.493. The number of esters is 1. The van der Waals surface area contributed by atoms with Crippen LogP contribution in [-0.2, 0) is 20.9 Å². The summed E-state index contributed by atoms with van der Waals surface area (Å²) in [5, 5.41) is 5.07. The topological polar surface area (TPSA) is 103 Å². The lowest BCUT2D eigenvalue weighted by molar-refractivity contribution is -0.147. The van der Waals surface area contributed by atoms with Gasteiger partial charge >= 0.3 is 5.97 Å². The third-order valence-corrected chi connectivity index (χ3v) is 3.76. The number of rotatable bonds is 9. The fourth-order valence-corrected chi connectivity index (χ4v) is 2.27. The van der Waals surface area contributed by atoms with Gasteiger partial charge in [-0.05, 0) is 29.8 Å². The first kappa shape index (κ1) is 20.8. The van der Waals surface area contributed by atoms with Crippen molar-refractivity contribution in [2.75, 3.05) is 27.4 Å². The lowest BCUT2D eigenvalue weighted by Crippen LogP contribution is -2.33. The number of carbonyl (C=O) groups excluding carboxylic acids is 3. The van der Waals surface area contributed by atoms with E-state index in [0.29, 0.717) is 17.9 Å². The second kappa shape index (κ2) is 10.6. The number of benzene rings is 2. The van der Waals surface area contributed by atoms with Crippen molar-refractivity contribution in [2.24, 2.45) is 0 Å². The van der Waals surface area contributed by atoms with Crippen molar-refractivity contribution in [1.82, 2.24) is 10.6 Å². The minimum absolute atomic E-state index is 0.297. The predicted molar refractivity (Wildman–Crippen MR) is 101 cm³/mol. The normalized spacial score (nSPS) is 9.93. The highest BCUT2D eigenvalue weighted by atomic mass is 16.5. The van der Waals surface area contributed by atoms with Crippen molar-refractivity contribution in [2.45, 2.75) is 6.54 Å². The van der Waals surface area contributed by atoms with Crippen LogP contribution in [0.5, 0.6) is 11.5 Å². The molecule has 0 bridgehead atoms. The summed E-state index contributed by atoms with van der Waals surface area (Å²) in [4.78, 5) is 35.6. The number of hydrogen-bond donors (Lipinski definition) is 2. The third kappa shape index (κ3) is 6.31. The van der Waals surface area contributed by atoms with E-state index >= 15 is 0 Å². The summed E-state index contributed by atoms with van der Waals surface area (Å²) in [5.41, 5.74) is 1.18. The molecule has 8 heteroatoms. The van der Waals surface area contributed by atoms with Crippen LogP contribution >= 0.6 is 0 Å². The number of methoxy groups -OCH3 is 2. The van der Waals surface area contributed by atoms with Crippen molar-refractivity contribution in [1.29, 1.82) is 0 Å². The van der Waals surface area contributed by atoms with E-state index in [2.05, 4.69) is 10.6 Å². The molecule has 28 heavy (non-hydrogen) atoms. The smallest absolute Gasteiger partial charge is 0.325 e. The van der Waals surface area contributed by atoms with Gasteiger partial charge in [0.25, 0.3) is 11.8 Å². The van der Waals surface area contributed by atoms with Gasteiger partial charge in [-0.3, -0.25) is 14.4 Å². The van der Waals surface area contributed by atoms with Gasteiger partial charge in [-0.25, -0.2) is 0 Å². The summed E-state index contributed by atoms with van der Waals surface area (Å²) >= 11 is 0. The van der Waals surface area contributed by atoms with Gasteiger partial charge in [0, 0.05) is 6.54 Å². The molecule has 0 aliphatic carbocycles. The van der Waals surface area contributed by atoms with E-state index in [1.807, 2.05) is 12.1 Å². The van der Waals surface area contributed by atoms with E-state index in [4.69, 9.17) is 14.2 Å². The molecule has 0 saturated heterocycles. The highest BCUT2D eigenvalue weighted by Crippen LogP contribution is 2.16. The van der Waals surface area contributed by atoms with Crippen LogP contribution in [0.2, 0.25) is 0 Å². The van der Waals surface area contributed by atoms with Crippen molar-refractivity contribution < 1.29 is 28.6 Å². The third-order valence-electron chi connectivity index (χ3n) is 3.76. The van der Waals surface area contributed by atoms with Gasteiger partial charge in [0.2, 0.25) is 0 Å². The molecule has 0 atom stereocenters. The van der Waals surface area contributed by atoms with Gasteiger partial charge < -0.3 is 24.8 Å². The van der Waals surface area contributed by atoms with E-state index in [0.717, 1.165) is 11.3 Å². The van der Waals surface area contributed by atoms with Gasteiger partial charge in [-0.1, -0.05) is 24.3 Å². The summed E-state index contributed by atoms with van der Waals surface area (Å²) in [7, 11) is 3.02. The maximum atomic E-state index is 12.1. The van der Waals surface area contributed by atoms with Crippen molar-refractivity contribution >= 4 is 17.8 Å². The maximum absolute atomic E-state index is 12.1. The standard InChI is InChI=1S/C20H22N2O6/c1-26-15-9-7-14(8-10-15)11-21-18(23)13-28-19(24)12-22-20(25)16-5-3-4-6-17(16)27-2/h3-10H,11-13H2,1-2H3,(H,21,23)(H,22,25). The average Bonchev–Trinajstić information content (AvgIpc) is 2.74. The zero-order chi connectivity index (χ0) is 20.4. The van der Waals surface area contributed by atoms with Crippen LogP contribution in [0.3, 0.4) is 0 Å². The Hall–Kier alpha value is -3.55. The highest BCUT2D eigenvalue weighted by Gasteiger charge is 2.14. The minimum atomic E-state index is -0.720. The molecule has 0 fully saturated rings. The molecule has 2 aromatic rings. The first-order valence-corrected chi connectivity index (χ1v) is 8.50. The Balaban J connectivity index is 1.69. The van der Waals surface area contributed by atoms with Crippen LogP contribution in [0.4, 0.5) is 0 Å². The molecule has 0 aliphatic heterocycles. The van der Waals surface area contributed by atoms with Crippen molar-refractivity contribution in [3.05, 3.63) is 59.7 Å². The quantitative estimate of drug-likeness (QED) is 0.630. The van der Waals surface area contributed by atoms with Gasteiger partial charge in [-0.15, -0.1) is 0 Å². The lowest BCUT2D eigenvalue weighted by atomic mass is 10.2. The summed E-state index contributed by atoms with van der Waals surface area (Å²) in [5.74, 6) is -0.521. The summed E-state index contributed by atoms with van der Waals surface area (Å²) in [6, 6.07) is 13.8. The van der Waals surface area contributed by atoms with Crippen LogP contribution in [0.1, 0.15) is 15.9 Å². The van der Waals surface area contributed by atoms with E-state index in [1.165, 1.54) is 7.11 Å². The molecule has 0 heterocycles. The first-order valence-electron chi connectivity index (χ1n) is 8.50. The Kier molecular flexibility index (Phi) is 7.83. The molecular weight excluding hydrogens is 364 g/mol. The molecule has 0 saturated carbocycles. The van der Waals surface area contributed by atoms with Gasteiger partial charge in [0.1, 0.15) is 18.0 Å². The number of hydrogen-bond acceptors (Lipinski definition) is 6. The Morgan fingerprint density at radius 2 is 1.61 bits per heavy atom. The minimum Gasteiger partial charge on any atom is -0.497 e. The number of nitrogens with one attached hydrogen (secondary N) is 2. The van der Waals surface area contributed by atoms with Gasteiger partial charge in [0.05, 0.1) is 19.8 Å². The zero-order valence-electron chi connectivity index (χ0n) is 15.7. The largest absolute Gasteiger partial charge is 0.497 e. The van der Waals surface area contributed by atoms with Crippen LogP contribution in [0.25, 0.3) is 0 Å². The second-order valence-corrected chi connectivity index (χ2v) is 5.67. The lowest BCUT2D eigenvalue weighted by Gasteiger charge is -2.09. The van der Waals surface area contributed by atoms with E-state index in [-0.39, 0.29) is 6.54 Å². The zero-order valence-corrected chi connectivity index (χ0v) is 15.7. The number of ether oxygens (including phenoxy) is 3. The highest BCUT2D eigenvalue weighted by molar-refractivity contribution is 5.98. The molecule has 2 aromatic carbocycles. The van der Waals surface area contributed by atoms with Crippen LogP contribution in [0, 0.1) is 0 Å². The SMILES string of the molecule is COc1ccc(CNC(=O)COC(=O)CNC(=O)c2ccccc2OC)cc1. The Morgan fingerprint density at radius 1 is 0.893 bits per heavy atom. The predicted octanol–water partition coefficient (Wildman–Crippen LogP) is 1.29. The molecule has 2 amide bonds. The average molecular weight is 386 g/mol. The van der Waals surface area contributed by atoms with E-state index < -0.39 is 24.4 Å². The molecule has 0 aromatic heterocycles. The number of carbonyl (C=O) groups is 3. The van der Waals surface area contributed by atoms with Crippen molar-refractivity contribution in [3.8, 4) is 11.5 Å². The molecular formula is C20H22N2O6. The molecule has 0 radical (unpaired) electrons. The van der Waals surface area contributed by atoms with Crippen LogP contribution in [-0.4, -0.2) is 45.2 Å². The fraction of sp³-hybridized carbons (Fsp3) is 0.250. The van der Waals surface area contributed by atoms with Gasteiger partial charge in [-0.2, -0.15) is 0 Å². The molecule has 0 unspecified atom stereocenters. The summed E-state index contributed by atoms with van der Waals surface area (Å²) < 4.78 is 15.0. The van der Waals surface area contributed by atoms with Crippen molar-refractivity contribution in [3.63, 3.8) is 0 Å². The molecule has 0 spiro atoms.